The summed E-state index contributed by atoms with van der Waals surface area (Å²) in [4.78, 5) is 11.5. The van der Waals surface area contributed by atoms with E-state index in [0.717, 1.165) is 17.5 Å². The Morgan fingerprint density at radius 1 is 1.11 bits per heavy atom. The van der Waals surface area contributed by atoms with E-state index in [2.05, 4.69) is 38.1 Å². The zero-order valence-corrected chi connectivity index (χ0v) is 11.2. The summed E-state index contributed by atoms with van der Waals surface area (Å²) in [5, 5.41) is 0. The molecule has 1 nitrogen and oxygen atoms in total. The fourth-order valence-corrected chi connectivity index (χ4v) is 2.11. The van der Waals surface area contributed by atoms with Gasteiger partial charge < -0.3 is 0 Å². The second kappa shape index (κ2) is 5.18. The molecule has 0 aliphatic carbocycles. The Bertz CT molecular complexity index is 582. The van der Waals surface area contributed by atoms with Crippen LogP contribution in [0, 0.1) is 6.92 Å². The van der Waals surface area contributed by atoms with Crippen LogP contribution in [0.25, 0.3) is 11.1 Å². The Balaban J connectivity index is 2.54. The second-order valence-corrected chi connectivity index (χ2v) is 4.64. The van der Waals surface area contributed by atoms with Gasteiger partial charge in [0.25, 0.3) is 0 Å². The van der Waals surface area contributed by atoms with E-state index in [1.165, 1.54) is 16.7 Å². The SMILES string of the molecule is CCc1cccc(-c2cc(C(C)=O)ccc2C)c1. The molecule has 2 rings (SSSR count). The molecule has 0 heterocycles. The lowest BCUT2D eigenvalue weighted by Crippen LogP contribution is -1.94. The average molecular weight is 238 g/mol. The van der Waals surface area contributed by atoms with Crippen LogP contribution in [0.5, 0.6) is 0 Å². The number of ketones is 1. The summed E-state index contributed by atoms with van der Waals surface area (Å²) in [6, 6.07) is 14.4. The quantitative estimate of drug-likeness (QED) is 0.723. The molecular formula is C17H18O. The van der Waals surface area contributed by atoms with Gasteiger partial charge in [-0.3, -0.25) is 4.79 Å². The number of carbonyl (C=O) groups is 1. The van der Waals surface area contributed by atoms with Gasteiger partial charge in [0.2, 0.25) is 0 Å². The summed E-state index contributed by atoms with van der Waals surface area (Å²) in [6.07, 6.45) is 1.03. The van der Waals surface area contributed by atoms with Crippen molar-refractivity contribution in [2.45, 2.75) is 27.2 Å². The van der Waals surface area contributed by atoms with Crippen LogP contribution in [-0.2, 0) is 6.42 Å². The van der Waals surface area contributed by atoms with Crippen LogP contribution < -0.4 is 0 Å². The van der Waals surface area contributed by atoms with Gasteiger partial charge in [-0.05, 0) is 48.6 Å². The fraction of sp³-hybridized carbons (Fsp3) is 0.235. The van der Waals surface area contributed by atoms with Crippen LogP contribution in [0.2, 0.25) is 0 Å². The molecule has 2 aromatic rings. The van der Waals surface area contributed by atoms with Crippen LogP contribution in [0.4, 0.5) is 0 Å². The molecule has 0 aromatic heterocycles. The van der Waals surface area contributed by atoms with Gasteiger partial charge in [-0.1, -0.05) is 43.3 Å². The van der Waals surface area contributed by atoms with Gasteiger partial charge in [0.15, 0.2) is 5.78 Å². The van der Waals surface area contributed by atoms with Crippen LogP contribution in [0.15, 0.2) is 42.5 Å². The lowest BCUT2D eigenvalue weighted by molar-refractivity contribution is 0.101. The molecule has 0 fully saturated rings. The van der Waals surface area contributed by atoms with Gasteiger partial charge in [0.1, 0.15) is 0 Å². The minimum absolute atomic E-state index is 0.114. The van der Waals surface area contributed by atoms with Crippen LogP contribution >= 0.6 is 0 Å². The molecule has 0 saturated heterocycles. The van der Waals surface area contributed by atoms with Crippen molar-refractivity contribution >= 4 is 5.78 Å². The normalized spacial score (nSPS) is 10.4. The maximum Gasteiger partial charge on any atom is 0.159 e. The average Bonchev–Trinajstić information content (AvgIpc) is 2.39. The second-order valence-electron chi connectivity index (χ2n) is 4.64. The van der Waals surface area contributed by atoms with E-state index in [9.17, 15) is 4.79 Å². The highest BCUT2D eigenvalue weighted by atomic mass is 16.1. The number of hydrogen-bond donors (Lipinski definition) is 0. The van der Waals surface area contributed by atoms with Crippen molar-refractivity contribution in [3.8, 4) is 11.1 Å². The topological polar surface area (TPSA) is 17.1 Å². The highest BCUT2D eigenvalue weighted by Crippen LogP contribution is 2.25. The molecule has 92 valence electrons. The first-order valence-corrected chi connectivity index (χ1v) is 6.32. The molecule has 0 saturated carbocycles. The Labute approximate surface area is 108 Å². The van der Waals surface area contributed by atoms with Crippen LogP contribution in [0.3, 0.4) is 0 Å². The van der Waals surface area contributed by atoms with Gasteiger partial charge in [-0.15, -0.1) is 0 Å². The Morgan fingerprint density at radius 3 is 2.56 bits per heavy atom. The maximum absolute atomic E-state index is 11.5. The van der Waals surface area contributed by atoms with Gasteiger partial charge in [0.05, 0.1) is 0 Å². The van der Waals surface area contributed by atoms with Crippen molar-refractivity contribution in [2.24, 2.45) is 0 Å². The molecule has 0 amide bonds. The fourth-order valence-electron chi connectivity index (χ4n) is 2.11. The van der Waals surface area contributed by atoms with Crippen molar-refractivity contribution < 1.29 is 4.79 Å². The third-order valence-electron chi connectivity index (χ3n) is 3.29. The Kier molecular flexibility index (Phi) is 3.61. The lowest BCUT2D eigenvalue weighted by atomic mass is 9.95. The lowest BCUT2D eigenvalue weighted by Gasteiger charge is -2.09. The molecule has 18 heavy (non-hydrogen) atoms. The number of Topliss-reactive ketones (excluding diaryl/α,β-unsaturated/α-hetero) is 1. The summed E-state index contributed by atoms with van der Waals surface area (Å²) < 4.78 is 0. The van der Waals surface area contributed by atoms with Gasteiger partial charge in [-0.25, -0.2) is 0 Å². The van der Waals surface area contributed by atoms with Crippen molar-refractivity contribution in [1.82, 2.24) is 0 Å². The summed E-state index contributed by atoms with van der Waals surface area (Å²) in [7, 11) is 0. The summed E-state index contributed by atoms with van der Waals surface area (Å²) in [5.74, 6) is 0.114. The van der Waals surface area contributed by atoms with Crippen molar-refractivity contribution in [1.29, 1.82) is 0 Å². The molecule has 0 aliphatic heterocycles. The predicted octanol–water partition coefficient (Wildman–Crippen LogP) is 4.43. The zero-order valence-electron chi connectivity index (χ0n) is 11.2. The predicted molar refractivity (Wildman–Crippen MR) is 76.0 cm³/mol. The van der Waals surface area contributed by atoms with Crippen LogP contribution in [0.1, 0.15) is 35.3 Å². The Hall–Kier alpha value is -1.89. The largest absolute Gasteiger partial charge is 0.295 e. The van der Waals surface area contributed by atoms with E-state index in [1.807, 2.05) is 18.2 Å². The molecule has 1 heteroatoms. The molecule has 0 spiro atoms. The minimum Gasteiger partial charge on any atom is -0.295 e. The first-order valence-electron chi connectivity index (χ1n) is 6.32. The Morgan fingerprint density at radius 2 is 1.89 bits per heavy atom. The molecule has 0 bridgehead atoms. The highest BCUT2D eigenvalue weighted by molar-refractivity contribution is 5.95. The van der Waals surface area contributed by atoms with Gasteiger partial charge in [-0.2, -0.15) is 0 Å². The van der Waals surface area contributed by atoms with Gasteiger partial charge in [0, 0.05) is 5.56 Å². The summed E-state index contributed by atoms with van der Waals surface area (Å²) >= 11 is 0. The monoisotopic (exact) mass is 238 g/mol. The summed E-state index contributed by atoms with van der Waals surface area (Å²) in [5.41, 5.74) is 5.64. The smallest absolute Gasteiger partial charge is 0.159 e. The van der Waals surface area contributed by atoms with E-state index < -0.39 is 0 Å². The number of rotatable bonds is 3. The van der Waals surface area contributed by atoms with Gasteiger partial charge >= 0.3 is 0 Å². The number of benzene rings is 2. The van der Waals surface area contributed by atoms with E-state index in [-0.39, 0.29) is 5.78 Å². The zero-order chi connectivity index (χ0) is 13.1. The minimum atomic E-state index is 0.114. The standard InChI is InChI=1S/C17H18O/c1-4-14-6-5-7-16(10-14)17-11-15(13(3)18)9-8-12(17)2/h5-11H,4H2,1-3H3. The number of aryl methyl sites for hydroxylation is 2. The summed E-state index contributed by atoms with van der Waals surface area (Å²) in [6.45, 7) is 5.84. The first kappa shape index (κ1) is 12.6. The van der Waals surface area contributed by atoms with Crippen molar-refractivity contribution in [2.75, 3.05) is 0 Å². The molecular weight excluding hydrogens is 220 g/mol. The van der Waals surface area contributed by atoms with E-state index in [0.29, 0.717) is 0 Å². The molecule has 0 radical (unpaired) electrons. The van der Waals surface area contributed by atoms with E-state index in [1.54, 1.807) is 6.92 Å². The third-order valence-corrected chi connectivity index (χ3v) is 3.29. The molecule has 2 aromatic carbocycles. The number of carbonyl (C=O) groups excluding carboxylic acids is 1. The van der Waals surface area contributed by atoms with Crippen LogP contribution in [-0.4, -0.2) is 5.78 Å². The first-order chi connectivity index (χ1) is 8.61. The van der Waals surface area contributed by atoms with E-state index >= 15 is 0 Å². The van der Waals surface area contributed by atoms with Crippen molar-refractivity contribution in [3.05, 3.63) is 59.2 Å². The molecule has 0 unspecified atom stereocenters. The number of hydrogen-bond acceptors (Lipinski definition) is 1. The van der Waals surface area contributed by atoms with Crippen molar-refractivity contribution in [3.63, 3.8) is 0 Å². The molecule has 0 aliphatic rings. The molecule has 0 atom stereocenters. The van der Waals surface area contributed by atoms with E-state index in [4.69, 9.17) is 0 Å². The highest BCUT2D eigenvalue weighted by Gasteiger charge is 2.06. The molecule has 0 N–H and O–H groups in total. The third kappa shape index (κ3) is 2.51. The maximum atomic E-state index is 11.5.